The van der Waals surface area contributed by atoms with Crippen LogP contribution in [0.4, 0.5) is 0 Å². The highest BCUT2D eigenvalue weighted by Gasteiger charge is 2.08. The highest BCUT2D eigenvalue weighted by Crippen LogP contribution is 2.12. The van der Waals surface area contributed by atoms with Crippen LogP contribution in [0.3, 0.4) is 0 Å². The summed E-state index contributed by atoms with van der Waals surface area (Å²) in [6, 6.07) is 1.83. The van der Waals surface area contributed by atoms with Gasteiger partial charge in [-0.1, -0.05) is 13.8 Å². The molecule has 3 heteroatoms. The molecule has 13 heavy (non-hydrogen) atoms. The zero-order valence-electron chi connectivity index (χ0n) is 7.87. The number of carbonyl (C=O) groups excluding carboxylic acids is 1. The monoisotopic (exact) mass is 177 g/mol. The van der Waals surface area contributed by atoms with Gasteiger partial charge in [-0.25, -0.2) is 0 Å². The number of carbonyl (C=O) groups is 1. The number of aromatic nitrogens is 1. The first-order chi connectivity index (χ1) is 6.11. The van der Waals surface area contributed by atoms with Gasteiger partial charge >= 0.3 is 0 Å². The van der Waals surface area contributed by atoms with Crippen LogP contribution in [0, 0.1) is 5.92 Å². The van der Waals surface area contributed by atoms with E-state index < -0.39 is 5.91 Å². The smallest absolute Gasteiger partial charge is 0.250 e. The van der Waals surface area contributed by atoms with Crippen LogP contribution in [-0.4, -0.2) is 10.9 Å². The van der Waals surface area contributed by atoms with Crippen LogP contribution in [0.1, 0.15) is 29.8 Å². The molecule has 2 N–H and O–H groups in total. The number of hydrogen-bond donors (Lipinski definition) is 1. The molecule has 0 bridgehead atoms. The molecule has 0 unspecified atom stereocenters. The molecule has 0 atom stereocenters. The van der Waals surface area contributed by atoms with Gasteiger partial charge in [-0.15, -0.1) is 0 Å². The van der Waals surface area contributed by atoms with E-state index in [1.807, 2.05) is 19.9 Å². The molecule has 69 valence electrons. The summed E-state index contributed by atoms with van der Waals surface area (Å²) in [5.74, 6) is 0.832. The van der Waals surface area contributed by atoms with Crippen LogP contribution >= 0.6 is 0 Å². The summed E-state index contributed by atoms with van der Waals surface area (Å²) in [6.45, 7) is 4.04. The van der Waals surface area contributed by atoms with Crippen LogP contribution in [0.2, 0.25) is 0 Å². The van der Waals surface area contributed by atoms with Gasteiger partial charge in [0.05, 0.1) is 5.56 Å². The molecule has 1 rings (SSSR count). The highest BCUT2D eigenvalue weighted by atomic mass is 16.1. The van der Waals surface area contributed by atoms with E-state index in [-0.39, 0.29) is 0 Å². The molecule has 0 aromatic carbocycles. The number of nitrogens with zero attached hydrogens (tertiary/aromatic N) is 1. The number of rotatable bonds is 3. The van der Waals surface area contributed by atoms with Gasteiger partial charge in [0.1, 0.15) is 0 Å². The lowest BCUT2D eigenvalue weighted by Gasteiger charge is -2.07. The average Bonchev–Trinajstić information content (AvgIpc) is 2.03. The SMILES string of the molecule is C[C](C)Cc1ccncc1C(N)=O. The van der Waals surface area contributed by atoms with Crippen molar-refractivity contribution in [2.45, 2.75) is 20.3 Å². The zero-order chi connectivity index (χ0) is 9.84. The van der Waals surface area contributed by atoms with Gasteiger partial charge in [-0.3, -0.25) is 9.78 Å². The normalized spacial score (nSPS) is 10.4. The van der Waals surface area contributed by atoms with E-state index in [1.165, 1.54) is 12.1 Å². The second-order valence-electron chi connectivity index (χ2n) is 3.28. The molecule has 0 spiro atoms. The standard InChI is InChI=1S/C10H13N2O/c1-7(2)5-8-3-4-12-6-9(8)10(11)13/h3-4,6H,5H2,1-2H3,(H2,11,13). The molecule has 0 saturated carbocycles. The summed E-state index contributed by atoms with van der Waals surface area (Å²) in [6.07, 6.45) is 3.96. The summed E-state index contributed by atoms with van der Waals surface area (Å²) in [7, 11) is 0. The average molecular weight is 177 g/mol. The predicted octanol–water partition coefficient (Wildman–Crippen LogP) is 1.34. The second kappa shape index (κ2) is 4.03. The minimum absolute atomic E-state index is 0.413. The molecule has 1 aromatic rings. The number of pyridine rings is 1. The van der Waals surface area contributed by atoms with E-state index in [0.29, 0.717) is 5.56 Å². The van der Waals surface area contributed by atoms with Crippen molar-refractivity contribution < 1.29 is 4.79 Å². The Labute approximate surface area is 78.0 Å². The fraction of sp³-hybridized carbons (Fsp3) is 0.300. The van der Waals surface area contributed by atoms with Gasteiger partial charge in [0.25, 0.3) is 5.91 Å². The van der Waals surface area contributed by atoms with E-state index in [4.69, 9.17) is 5.73 Å². The predicted molar refractivity (Wildman–Crippen MR) is 51.0 cm³/mol. The van der Waals surface area contributed by atoms with Crippen molar-refractivity contribution >= 4 is 5.91 Å². The largest absolute Gasteiger partial charge is 0.366 e. The first-order valence-corrected chi connectivity index (χ1v) is 4.13. The van der Waals surface area contributed by atoms with E-state index in [0.717, 1.165) is 12.0 Å². The molecule has 0 aliphatic rings. The molecule has 1 radical (unpaired) electrons. The molecule has 0 fully saturated rings. The van der Waals surface area contributed by atoms with Crippen molar-refractivity contribution in [3.05, 3.63) is 35.5 Å². The van der Waals surface area contributed by atoms with Gasteiger partial charge in [-0.05, 0) is 24.0 Å². The maximum atomic E-state index is 11.0. The van der Waals surface area contributed by atoms with Crippen molar-refractivity contribution in [3.63, 3.8) is 0 Å². The van der Waals surface area contributed by atoms with Gasteiger partial charge in [0.15, 0.2) is 0 Å². The zero-order valence-corrected chi connectivity index (χ0v) is 7.87. The number of nitrogens with two attached hydrogens (primary N) is 1. The molecule has 1 aromatic heterocycles. The first-order valence-electron chi connectivity index (χ1n) is 4.13. The minimum atomic E-state index is -0.413. The third-order valence-electron chi connectivity index (χ3n) is 1.72. The molecule has 1 amide bonds. The second-order valence-corrected chi connectivity index (χ2v) is 3.28. The lowest BCUT2D eigenvalue weighted by atomic mass is 10.00. The Morgan fingerprint density at radius 3 is 2.77 bits per heavy atom. The quantitative estimate of drug-likeness (QED) is 0.757. The molecule has 1 heterocycles. The molecule has 0 aliphatic carbocycles. The Bertz CT molecular complexity index is 308. The van der Waals surface area contributed by atoms with E-state index in [9.17, 15) is 4.79 Å². The molecular weight excluding hydrogens is 164 g/mol. The van der Waals surface area contributed by atoms with Gasteiger partial charge in [0, 0.05) is 12.4 Å². The van der Waals surface area contributed by atoms with E-state index >= 15 is 0 Å². The molecule has 0 saturated heterocycles. The summed E-state index contributed by atoms with van der Waals surface area (Å²) in [5, 5.41) is 0. The van der Waals surface area contributed by atoms with Crippen LogP contribution in [0.25, 0.3) is 0 Å². The van der Waals surface area contributed by atoms with E-state index in [2.05, 4.69) is 4.98 Å². The number of hydrogen-bond acceptors (Lipinski definition) is 2. The van der Waals surface area contributed by atoms with Crippen molar-refractivity contribution in [1.82, 2.24) is 4.98 Å². The fourth-order valence-corrected chi connectivity index (χ4v) is 1.18. The lowest BCUT2D eigenvalue weighted by molar-refractivity contribution is 0.0999. The number of amides is 1. The Hall–Kier alpha value is -1.38. The summed E-state index contributed by atoms with van der Waals surface area (Å²) in [5.41, 5.74) is 6.67. The Kier molecular flexibility index (Phi) is 3.01. The Morgan fingerprint density at radius 1 is 1.54 bits per heavy atom. The fourth-order valence-electron chi connectivity index (χ4n) is 1.18. The maximum absolute atomic E-state index is 11.0. The third kappa shape index (κ3) is 2.54. The highest BCUT2D eigenvalue weighted by molar-refractivity contribution is 5.94. The molecular formula is C10H13N2O. The number of primary amides is 1. The van der Waals surface area contributed by atoms with Crippen molar-refractivity contribution in [2.24, 2.45) is 5.73 Å². The lowest BCUT2D eigenvalue weighted by Crippen LogP contribution is -2.14. The summed E-state index contributed by atoms with van der Waals surface area (Å²) >= 11 is 0. The van der Waals surface area contributed by atoms with Gasteiger partial charge < -0.3 is 5.73 Å². The van der Waals surface area contributed by atoms with E-state index in [1.54, 1.807) is 6.20 Å². The van der Waals surface area contributed by atoms with Crippen molar-refractivity contribution in [1.29, 1.82) is 0 Å². The topological polar surface area (TPSA) is 56.0 Å². The Morgan fingerprint density at radius 2 is 2.23 bits per heavy atom. The van der Waals surface area contributed by atoms with Crippen LogP contribution in [0.5, 0.6) is 0 Å². The van der Waals surface area contributed by atoms with Crippen molar-refractivity contribution in [3.8, 4) is 0 Å². The minimum Gasteiger partial charge on any atom is -0.366 e. The molecule has 3 nitrogen and oxygen atoms in total. The molecule has 0 aliphatic heterocycles. The van der Waals surface area contributed by atoms with Crippen molar-refractivity contribution in [2.75, 3.05) is 0 Å². The Balaban J connectivity index is 2.98. The maximum Gasteiger partial charge on any atom is 0.250 e. The van der Waals surface area contributed by atoms with Gasteiger partial charge in [0.2, 0.25) is 0 Å². The van der Waals surface area contributed by atoms with Crippen LogP contribution in [0.15, 0.2) is 18.5 Å². The van der Waals surface area contributed by atoms with Crippen LogP contribution in [-0.2, 0) is 6.42 Å². The van der Waals surface area contributed by atoms with Gasteiger partial charge in [-0.2, -0.15) is 0 Å². The summed E-state index contributed by atoms with van der Waals surface area (Å²) < 4.78 is 0. The van der Waals surface area contributed by atoms with Crippen LogP contribution < -0.4 is 5.73 Å². The first kappa shape index (κ1) is 9.71. The third-order valence-corrected chi connectivity index (χ3v) is 1.72. The summed E-state index contributed by atoms with van der Waals surface area (Å²) in [4.78, 5) is 14.8.